The molecule has 0 saturated carbocycles. The summed E-state index contributed by atoms with van der Waals surface area (Å²) in [6.45, 7) is 0. The first-order chi connectivity index (χ1) is 22.3. The van der Waals surface area contributed by atoms with Crippen molar-refractivity contribution in [1.29, 1.82) is 0 Å². The minimum atomic E-state index is -0.690. The van der Waals surface area contributed by atoms with Crippen molar-refractivity contribution in [1.82, 2.24) is 9.25 Å². The Morgan fingerprint density at radius 3 is 2.44 bits per heavy atom. The Morgan fingerprint density at radius 1 is 0.622 bits per heavy atom. The number of aromatic nitrogens is 4. The van der Waals surface area contributed by atoms with Gasteiger partial charge in [-0.1, -0.05) is 53.2 Å². The van der Waals surface area contributed by atoms with Gasteiger partial charge >= 0.3 is 5.66 Å². The molecule has 0 fully saturated rings. The second kappa shape index (κ2) is 7.31. The zero-order valence-electron chi connectivity index (χ0n) is 23.8. The van der Waals surface area contributed by atoms with Gasteiger partial charge in [-0.2, -0.15) is 9.13 Å². The van der Waals surface area contributed by atoms with Crippen molar-refractivity contribution >= 4 is 43.7 Å². The summed E-state index contributed by atoms with van der Waals surface area (Å²) in [6.07, 6.45) is 6.79. The Hall–Kier alpha value is -6.14. The van der Waals surface area contributed by atoms with Crippen LogP contribution in [0.3, 0.4) is 0 Å². The maximum absolute atomic E-state index is 6.77. The quantitative estimate of drug-likeness (QED) is 0.187. The van der Waals surface area contributed by atoms with E-state index in [0.29, 0.717) is 0 Å². The Labute approximate surface area is 255 Å². The molecule has 1 spiro atoms. The number of hydrogen-bond acceptors (Lipinski definition) is 2. The molecule has 208 valence electrons. The van der Waals surface area contributed by atoms with Gasteiger partial charge in [-0.3, -0.25) is 0 Å². The van der Waals surface area contributed by atoms with Crippen LogP contribution >= 0.6 is 0 Å². The van der Waals surface area contributed by atoms with Crippen LogP contribution in [-0.2, 0) is 5.66 Å². The minimum absolute atomic E-state index is 0.690. The third kappa shape index (κ3) is 2.39. The van der Waals surface area contributed by atoms with E-state index >= 15 is 0 Å². The molecule has 0 radical (unpaired) electrons. The smallest absolute Gasteiger partial charge is 0.397 e. The normalized spacial score (nSPS) is 16.7. The molecule has 3 aliphatic heterocycles. The summed E-state index contributed by atoms with van der Waals surface area (Å²) in [5, 5.41) is 4.72. The van der Waals surface area contributed by atoms with Gasteiger partial charge in [0.15, 0.2) is 11.1 Å². The number of hydrogen-bond donors (Lipinski definition) is 0. The molecule has 12 rings (SSSR count). The summed E-state index contributed by atoms with van der Waals surface area (Å²) in [5.74, 6) is 2.88. The Morgan fingerprint density at radius 2 is 1.47 bits per heavy atom. The fraction of sp³-hybridized carbons (Fsp3) is 0.0256. The van der Waals surface area contributed by atoms with Crippen molar-refractivity contribution < 1.29 is 18.4 Å². The third-order valence-corrected chi connectivity index (χ3v) is 10.2. The van der Waals surface area contributed by atoms with E-state index in [4.69, 9.17) is 9.15 Å². The molecule has 45 heavy (non-hydrogen) atoms. The van der Waals surface area contributed by atoms with E-state index in [1.807, 2.05) is 12.1 Å². The average molecular weight is 579 g/mol. The van der Waals surface area contributed by atoms with Crippen molar-refractivity contribution in [3.8, 4) is 34.1 Å². The number of furan rings is 1. The summed E-state index contributed by atoms with van der Waals surface area (Å²) < 4.78 is 22.5. The molecule has 6 heteroatoms. The number of para-hydroxylation sites is 2. The van der Waals surface area contributed by atoms with Crippen LogP contribution in [0.1, 0.15) is 11.1 Å². The molecule has 9 aromatic rings. The van der Waals surface area contributed by atoms with Crippen LogP contribution in [-0.4, -0.2) is 9.25 Å². The highest BCUT2D eigenvalue weighted by Gasteiger charge is 2.68. The summed E-state index contributed by atoms with van der Waals surface area (Å²) in [4.78, 5) is 0. The molecule has 3 aliphatic rings. The lowest BCUT2D eigenvalue weighted by molar-refractivity contribution is -0.993. The van der Waals surface area contributed by atoms with E-state index in [0.717, 1.165) is 67.2 Å². The van der Waals surface area contributed by atoms with Gasteiger partial charge in [0.1, 0.15) is 39.4 Å². The highest BCUT2D eigenvalue weighted by atomic mass is 16.5. The lowest BCUT2D eigenvalue weighted by Gasteiger charge is -2.32. The van der Waals surface area contributed by atoms with Crippen LogP contribution in [0.15, 0.2) is 138 Å². The van der Waals surface area contributed by atoms with E-state index in [-0.39, 0.29) is 0 Å². The van der Waals surface area contributed by atoms with Gasteiger partial charge in [-0.25, -0.2) is 0 Å². The van der Waals surface area contributed by atoms with Gasteiger partial charge in [0.25, 0.3) is 5.82 Å². The van der Waals surface area contributed by atoms with Gasteiger partial charge in [0.2, 0.25) is 6.20 Å². The van der Waals surface area contributed by atoms with E-state index in [9.17, 15) is 0 Å². The number of nitrogens with zero attached hydrogens (tertiary/aromatic N) is 4. The molecule has 4 aromatic heterocycles. The number of ether oxygens (including phenoxy) is 1. The first-order valence-electron chi connectivity index (χ1n) is 15.3. The fourth-order valence-corrected chi connectivity index (χ4v) is 8.47. The van der Waals surface area contributed by atoms with Crippen LogP contribution in [0.4, 0.5) is 0 Å². The van der Waals surface area contributed by atoms with E-state index in [1.165, 1.54) is 21.8 Å². The van der Waals surface area contributed by atoms with Crippen LogP contribution in [0.5, 0.6) is 11.5 Å². The molecule has 0 bridgehead atoms. The first-order valence-corrected chi connectivity index (χ1v) is 15.3. The minimum Gasteiger partial charge on any atom is -0.456 e. The molecule has 1 unspecified atom stereocenters. The number of fused-ring (bicyclic) bond motifs is 10. The predicted molar refractivity (Wildman–Crippen MR) is 171 cm³/mol. The summed E-state index contributed by atoms with van der Waals surface area (Å²) in [6, 6.07) is 40.8. The second-order valence-corrected chi connectivity index (χ2v) is 12.3. The first kappa shape index (κ1) is 22.4. The third-order valence-electron chi connectivity index (χ3n) is 10.2. The monoisotopic (exact) mass is 578 g/mol. The highest BCUT2D eigenvalue weighted by Crippen LogP contribution is 2.55. The summed E-state index contributed by atoms with van der Waals surface area (Å²) in [5.41, 5.74) is 9.21. The van der Waals surface area contributed by atoms with Gasteiger partial charge in [0.05, 0.1) is 18.0 Å². The van der Waals surface area contributed by atoms with Crippen LogP contribution < -0.4 is 14.0 Å². The van der Waals surface area contributed by atoms with E-state index < -0.39 is 5.66 Å². The van der Waals surface area contributed by atoms with Gasteiger partial charge in [-0.15, -0.1) is 4.68 Å². The highest BCUT2D eigenvalue weighted by molar-refractivity contribution is 6.11. The Kier molecular flexibility index (Phi) is 3.64. The van der Waals surface area contributed by atoms with Gasteiger partial charge < -0.3 is 9.15 Å². The standard InChI is InChI=1S/C39H22N4O2/c1-3-10-29-25(8-1)27-16-18-34-37-38(27)43(29)35-14-5-6-19-40(35)39(37)36-30(11-7-13-33(36)45-34)41-21-24(22-42(39)41)23-15-17-32-28(20-23)26-9-2-4-12-31(26)44-32/h1-22H/q+2. The largest absolute Gasteiger partial charge is 0.456 e. The Balaban J connectivity index is 1.23. The average Bonchev–Trinajstić information content (AvgIpc) is 3.84. The number of benzene rings is 5. The zero-order valence-corrected chi connectivity index (χ0v) is 23.8. The van der Waals surface area contributed by atoms with Gasteiger partial charge in [-0.05, 0) is 66.2 Å². The molecular formula is C39H22N4O2+2. The van der Waals surface area contributed by atoms with Crippen LogP contribution in [0, 0.1) is 0 Å². The lowest BCUT2D eigenvalue weighted by Crippen LogP contribution is -2.76. The molecule has 7 heterocycles. The SMILES string of the molecule is c1cc2c3c(c1)-n1cc(-c4ccc5oc6ccccc6c5c4)c[n+]1C31c3c(ccc4c5ccccc5n(c34)-c3cccc[n+]31)O2. The Bertz CT molecular complexity index is 2820. The number of rotatable bonds is 1. The van der Waals surface area contributed by atoms with E-state index in [2.05, 4.69) is 140 Å². The van der Waals surface area contributed by atoms with Crippen molar-refractivity contribution in [3.63, 3.8) is 0 Å². The molecule has 0 amide bonds. The van der Waals surface area contributed by atoms with Crippen molar-refractivity contribution in [2.24, 2.45) is 0 Å². The molecule has 0 N–H and O–H groups in total. The molecule has 1 atom stereocenters. The second-order valence-electron chi connectivity index (χ2n) is 12.3. The maximum atomic E-state index is 6.77. The maximum Gasteiger partial charge on any atom is 0.397 e. The van der Waals surface area contributed by atoms with Crippen molar-refractivity contribution in [2.75, 3.05) is 0 Å². The van der Waals surface area contributed by atoms with Crippen LogP contribution in [0.2, 0.25) is 0 Å². The predicted octanol–water partition coefficient (Wildman–Crippen LogP) is 7.75. The molecule has 0 aliphatic carbocycles. The summed E-state index contributed by atoms with van der Waals surface area (Å²) >= 11 is 0. The van der Waals surface area contributed by atoms with Crippen molar-refractivity contribution in [3.05, 3.63) is 145 Å². The molecular weight excluding hydrogens is 556 g/mol. The van der Waals surface area contributed by atoms with E-state index in [1.54, 1.807) is 0 Å². The lowest BCUT2D eigenvalue weighted by atomic mass is 9.84. The summed E-state index contributed by atoms with van der Waals surface area (Å²) in [7, 11) is 0. The number of pyridine rings is 1. The topological polar surface area (TPSA) is 40.0 Å². The van der Waals surface area contributed by atoms with Crippen LogP contribution in [0.25, 0.3) is 66.4 Å². The van der Waals surface area contributed by atoms with Gasteiger partial charge in [0, 0.05) is 27.6 Å². The zero-order chi connectivity index (χ0) is 29.0. The fourth-order valence-electron chi connectivity index (χ4n) is 8.47. The molecule has 6 nitrogen and oxygen atoms in total. The van der Waals surface area contributed by atoms with Crippen molar-refractivity contribution in [2.45, 2.75) is 5.66 Å². The molecule has 0 saturated heterocycles. The molecule has 5 aromatic carbocycles.